The summed E-state index contributed by atoms with van der Waals surface area (Å²) in [5.74, 6) is 2.23. The molecule has 1 heterocycles. The Bertz CT molecular complexity index is 792. The van der Waals surface area contributed by atoms with Gasteiger partial charge in [-0.05, 0) is 89.3 Å². The first-order valence-electron chi connectivity index (χ1n) is 9.80. The Labute approximate surface area is 163 Å². The van der Waals surface area contributed by atoms with Crippen molar-refractivity contribution in [1.82, 2.24) is 5.32 Å². The van der Waals surface area contributed by atoms with Crippen molar-refractivity contribution in [2.75, 3.05) is 0 Å². The normalized spacial score (nSPS) is 18.9. The van der Waals surface area contributed by atoms with Crippen molar-refractivity contribution in [3.63, 3.8) is 0 Å². The molecule has 0 unspecified atom stereocenters. The van der Waals surface area contributed by atoms with Crippen LogP contribution in [0.15, 0.2) is 48.5 Å². The molecule has 0 amide bonds. The van der Waals surface area contributed by atoms with Crippen molar-refractivity contribution in [3.8, 4) is 11.5 Å². The van der Waals surface area contributed by atoms with Crippen molar-refractivity contribution >= 4 is 5.78 Å². The average molecular weight is 366 g/mol. The lowest BCUT2D eigenvalue weighted by atomic mass is 9.74. The molecule has 2 aromatic carbocycles. The SMILES string of the molecule is Cc1cc(C(=O)CC2CC(C)(C)NC(C)(C)C2)ccc1Oc1ccccc1. The van der Waals surface area contributed by atoms with Crippen LogP contribution in [0.5, 0.6) is 11.5 Å². The molecule has 0 radical (unpaired) electrons. The van der Waals surface area contributed by atoms with Gasteiger partial charge in [0.05, 0.1) is 0 Å². The van der Waals surface area contributed by atoms with Crippen molar-refractivity contribution in [3.05, 3.63) is 59.7 Å². The first kappa shape index (κ1) is 19.6. The summed E-state index contributed by atoms with van der Waals surface area (Å²) in [5.41, 5.74) is 1.89. The number of rotatable bonds is 5. The number of nitrogens with one attached hydrogen (secondary N) is 1. The van der Waals surface area contributed by atoms with E-state index < -0.39 is 0 Å². The maximum Gasteiger partial charge on any atom is 0.163 e. The van der Waals surface area contributed by atoms with Crippen LogP contribution in [0.4, 0.5) is 0 Å². The van der Waals surface area contributed by atoms with Gasteiger partial charge in [-0.25, -0.2) is 0 Å². The second-order valence-electron chi connectivity index (χ2n) is 9.19. The summed E-state index contributed by atoms with van der Waals surface area (Å²) < 4.78 is 5.93. The molecule has 0 aromatic heterocycles. The van der Waals surface area contributed by atoms with Gasteiger partial charge in [0.2, 0.25) is 0 Å². The molecule has 0 saturated carbocycles. The number of benzene rings is 2. The van der Waals surface area contributed by atoms with Crippen LogP contribution in [-0.2, 0) is 0 Å². The molecule has 3 heteroatoms. The first-order chi connectivity index (χ1) is 12.6. The second-order valence-corrected chi connectivity index (χ2v) is 9.19. The van der Waals surface area contributed by atoms with Gasteiger partial charge in [0.1, 0.15) is 11.5 Å². The molecule has 27 heavy (non-hydrogen) atoms. The highest BCUT2D eigenvalue weighted by Gasteiger charge is 2.38. The molecule has 3 rings (SSSR count). The van der Waals surface area contributed by atoms with Crippen LogP contribution in [-0.4, -0.2) is 16.9 Å². The number of hydrogen-bond acceptors (Lipinski definition) is 3. The van der Waals surface area contributed by atoms with E-state index >= 15 is 0 Å². The lowest BCUT2D eigenvalue weighted by Gasteiger charge is -2.46. The number of Topliss-reactive ketones (excluding diaryl/α,β-unsaturated/α-hetero) is 1. The fraction of sp³-hybridized carbons (Fsp3) is 0.458. The third-order valence-corrected chi connectivity index (χ3v) is 5.22. The van der Waals surface area contributed by atoms with Crippen LogP contribution in [0.3, 0.4) is 0 Å². The Kier molecular flexibility index (Phi) is 5.43. The lowest BCUT2D eigenvalue weighted by Crippen LogP contribution is -2.57. The Morgan fingerprint density at radius 1 is 1.04 bits per heavy atom. The second kappa shape index (κ2) is 7.47. The third kappa shape index (κ3) is 5.20. The molecular formula is C24H31NO2. The van der Waals surface area contributed by atoms with Gasteiger partial charge >= 0.3 is 0 Å². The van der Waals surface area contributed by atoms with Crippen LogP contribution in [0, 0.1) is 12.8 Å². The number of carbonyl (C=O) groups is 1. The van der Waals surface area contributed by atoms with Crippen molar-refractivity contribution in [2.24, 2.45) is 5.92 Å². The molecule has 144 valence electrons. The van der Waals surface area contributed by atoms with Gasteiger partial charge in [0.25, 0.3) is 0 Å². The van der Waals surface area contributed by atoms with Gasteiger partial charge in [0.15, 0.2) is 5.78 Å². The van der Waals surface area contributed by atoms with E-state index in [9.17, 15) is 4.79 Å². The Balaban J connectivity index is 1.69. The maximum absolute atomic E-state index is 12.9. The summed E-state index contributed by atoms with van der Waals surface area (Å²) in [5, 5.41) is 3.69. The van der Waals surface area contributed by atoms with E-state index in [1.165, 1.54) is 0 Å². The smallest absolute Gasteiger partial charge is 0.163 e. The number of ether oxygens (including phenoxy) is 1. The van der Waals surface area contributed by atoms with Crippen LogP contribution < -0.4 is 10.1 Å². The van der Waals surface area contributed by atoms with Gasteiger partial charge < -0.3 is 10.1 Å². The summed E-state index contributed by atoms with van der Waals surface area (Å²) in [6, 6.07) is 15.5. The zero-order chi connectivity index (χ0) is 19.7. The highest BCUT2D eigenvalue weighted by molar-refractivity contribution is 5.96. The van der Waals surface area contributed by atoms with Gasteiger partial charge in [-0.3, -0.25) is 4.79 Å². The van der Waals surface area contributed by atoms with Crippen molar-refractivity contribution < 1.29 is 9.53 Å². The molecule has 1 fully saturated rings. The number of para-hydroxylation sites is 1. The fourth-order valence-electron chi connectivity index (χ4n) is 4.61. The number of hydrogen-bond donors (Lipinski definition) is 1. The molecular weight excluding hydrogens is 334 g/mol. The van der Waals surface area contributed by atoms with Gasteiger partial charge in [-0.1, -0.05) is 18.2 Å². The highest BCUT2D eigenvalue weighted by Crippen LogP contribution is 2.35. The topological polar surface area (TPSA) is 38.3 Å². The lowest BCUT2D eigenvalue weighted by molar-refractivity contribution is 0.0864. The Morgan fingerprint density at radius 3 is 2.26 bits per heavy atom. The standard InChI is InChI=1S/C24H31NO2/c1-17-13-19(11-12-22(17)27-20-9-7-6-8-10-20)21(26)14-18-15-23(2,3)25-24(4,5)16-18/h6-13,18,25H,14-16H2,1-5H3. The molecule has 1 aliphatic rings. The molecule has 0 atom stereocenters. The van der Waals surface area contributed by atoms with E-state index in [4.69, 9.17) is 4.74 Å². The summed E-state index contributed by atoms with van der Waals surface area (Å²) in [4.78, 5) is 12.9. The van der Waals surface area contributed by atoms with Crippen LogP contribution in [0.25, 0.3) is 0 Å². The fourth-order valence-corrected chi connectivity index (χ4v) is 4.61. The van der Waals surface area contributed by atoms with Gasteiger partial charge in [-0.15, -0.1) is 0 Å². The zero-order valence-corrected chi connectivity index (χ0v) is 17.1. The van der Waals surface area contributed by atoms with Gasteiger partial charge in [0, 0.05) is 23.1 Å². The molecule has 1 N–H and O–H groups in total. The Hall–Kier alpha value is -2.13. The quantitative estimate of drug-likeness (QED) is 0.669. The molecule has 0 aliphatic carbocycles. The van der Waals surface area contributed by atoms with Crippen molar-refractivity contribution in [2.45, 2.75) is 65.0 Å². The summed E-state index contributed by atoms with van der Waals surface area (Å²) in [6.07, 6.45) is 2.65. The van der Waals surface area contributed by atoms with Crippen molar-refractivity contribution in [1.29, 1.82) is 0 Å². The predicted octanol–water partition coefficient (Wildman–Crippen LogP) is 5.92. The predicted molar refractivity (Wildman–Crippen MR) is 111 cm³/mol. The van der Waals surface area contributed by atoms with Crippen LogP contribution >= 0.6 is 0 Å². The van der Waals surface area contributed by atoms with E-state index in [0.717, 1.165) is 35.5 Å². The Morgan fingerprint density at radius 2 is 1.67 bits per heavy atom. The molecule has 2 aromatic rings. The minimum Gasteiger partial charge on any atom is -0.457 e. The number of piperidine rings is 1. The van der Waals surface area contributed by atoms with E-state index in [2.05, 4.69) is 33.0 Å². The van der Waals surface area contributed by atoms with E-state index in [-0.39, 0.29) is 16.9 Å². The highest BCUT2D eigenvalue weighted by atomic mass is 16.5. The molecule has 1 saturated heterocycles. The largest absolute Gasteiger partial charge is 0.457 e. The summed E-state index contributed by atoms with van der Waals surface area (Å²) in [6.45, 7) is 10.9. The first-order valence-corrected chi connectivity index (χ1v) is 9.80. The summed E-state index contributed by atoms with van der Waals surface area (Å²) in [7, 11) is 0. The van der Waals surface area contributed by atoms with Gasteiger partial charge in [-0.2, -0.15) is 0 Å². The number of aryl methyl sites for hydroxylation is 1. The van der Waals surface area contributed by atoms with Crippen LogP contribution in [0.1, 0.15) is 62.9 Å². The average Bonchev–Trinajstić information content (AvgIpc) is 2.54. The minimum absolute atomic E-state index is 0.0655. The minimum atomic E-state index is 0.0655. The van der Waals surface area contributed by atoms with Crippen LogP contribution in [0.2, 0.25) is 0 Å². The molecule has 1 aliphatic heterocycles. The van der Waals surface area contributed by atoms with E-state index in [1.54, 1.807) is 0 Å². The molecule has 3 nitrogen and oxygen atoms in total. The molecule has 0 bridgehead atoms. The molecule has 0 spiro atoms. The summed E-state index contributed by atoms with van der Waals surface area (Å²) >= 11 is 0. The number of carbonyl (C=O) groups excluding carboxylic acids is 1. The zero-order valence-electron chi connectivity index (χ0n) is 17.1. The van der Waals surface area contributed by atoms with E-state index in [0.29, 0.717) is 12.3 Å². The number of ketones is 1. The maximum atomic E-state index is 12.9. The van der Waals surface area contributed by atoms with E-state index in [1.807, 2.05) is 55.5 Å². The third-order valence-electron chi connectivity index (χ3n) is 5.22. The monoisotopic (exact) mass is 365 g/mol.